The lowest BCUT2D eigenvalue weighted by Gasteiger charge is -2.10. The molecule has 2 N–H and O–H groups in total. The lowest BCUT2D eigenvalue weighted by Crippen LogP contribution is -2.15. The minimum Gasteiger partial charge on any atom is -0.493 e. The van der Waals surface area contributed by atoms with Gasteiger partial charge in [0.15, 0.2) is 23.1 Å². The van der Waals surface area contributed by atoms with E-state index >= 15 is 0 Å². The molecule has 7 heteroatoms. The van der Waals surface area contributed by atoms with Crippen molar-refractivity contribution in [3.05, 3.63) is 65.7 Å². The van der Waals surface area contributed by atoms with Gasteiger partial charge in [-0.3, -0.25) is 4.79 Å². The second-order valence-corrected chi connectivity index (χ2v) is 6.21. The van der Waals surface area contributed by atoms with Crippen molar-refractivity contribution in [1.29, 1.82) is 0 Å². The summed E-state index contributed by atoms with van der Waals surface area (Å²) in [4.78, 5) is 12.3. The van der Waals surface area contributed by atoms with Gasteiger partial charge in [0.2, 0.25) is 5.91 Å². The molecule has 0 fully saturated rings. The van der Waals surface area contributed by atoms with Crippen molar-refractivity contribution in [2.24, 2.45) is 0 Å². The van der Waals surface area contributed by atoms with Crippen LogP contribution in [0.2, 0.25) is 0 Å². The first-order chi connectivity index (χ1) is 13.6. The molecule has 1 aromatic heterocycles. The van der Waals surface area contributed by atoms with Gasteiger partial charge in [0.25, 0.3) is 0 Å². The molecule has 0 saturated carbocycles. The van der Waals surface area contributed by atoms with Crippen molar-refractivity contribution in [2.75, 3.05) is 24.9 Å². The van der Waals surface area contributed by atoms with Crippen molar-refractivity contribution in [3.63, 3.8) is 0 Å². The van der Waals surface area contributed by atoms with Crippen LogP contribution in [0.4, 0.5) is 17.3 Å². The molecule has 0 unspecified atom stereocenters. The van der Waals surface area contributed by atoms with Crippen LogP contribution in [0.25, 0.3) is 0 Å². The molecule has 0 spiro atoms. The summed E-state index contributed by atoms with van der Waals surface area (Å²) in [6.07, 6.45) is 0.186. The SMILES string of the molecule is COc1ccc(CC(=O)Nc2ccc(Nc3cccc(C)c3)nn2)cc1OC. The van der Waals surface area contributed by atoms with Crippen molar-refractivity contribution < 1.29 is 14.3 Å². The van der Waals surface area contributed by atoms with Gasteiger partial charge in [-0.05, 0) is 54.4 Å². The standard InChI is InChI=1S/C21H22N4O3/c1-14-5-4-6-16(11-14)22-19-9-10-20(25-24-19)23-21(26)13-15-7-8-17(27-2)18(12-15)28-3/h4-12H,13H2,1-3H3,(H,22,24)(H,23,25,26). The molecule has 0 radical (unpaired) electrons. The normalized spacial score (nSPS) is 10.2. The predicted octanol–water partition coefficient (Wildman–Crippen LogP) is 3.73. The monoisotopic (exact) mass is 378 g/mol. The topological polar surface area (TPSA) is 85.4 Å². The van der Waals surface area contributed by atoms with Gasteiger partial charge in [-0.15, -0.1) is 10.2 Å². The molecule has 7 nitrogen and oxygen atoms in total. The predicted molar refractivity (Wildman–Crippen MR) is 108 cm³/mol. The molecule has 3 aromatic rings. The fourth-order valence-corrected chi connectivity index (χ4v) is 2.70. The summed E-state index contributed by atoms with van der Waals surface area (Å²) in [6.45, 7) is 2.02. The van der Waals surface area contributed by atoms with E-state index in [2.05, 4.69) is 20.8 Å². The largest absolute Gasteiger partial charge is 0.493 e. The second-order valence-electron chi connectivity index (χ2n) is 6.21. The van der Waals surface area contributed by atoms with E-state index in [0.29, 0.717) is 23.1 Å². The molecule has 0 saturated heterocycles. The zero-order chi connectivity index (χ0) is 19.9. The molecule has 1 heterocycles. The summed E-state index contributed by atoms with van der Waals surface area (Å²) in [7, 11) is 3.13. The number of nitrogens with one attached hydrogen (secondary N) is 2. The van der Waals surface area contributed by atoms with E-state index in [-0.39, 0.29) is 12.3 Å². The number of amides is 1. The maximum absolute atomic E-state index is 12.3. The Hall–Kier alpha value is -3.61. The highest BCUT2D eigenvalue weighted by atomic mass is 16.5. The first-order valence-electron chi connectivity index (χ1n) is 8.75. The number of rotatable bonds is 7. The number of aryl methyl sites for hydroxylation is 1. The van der Waals surface area contributed by atoms with E-state index in [1.165, 1.54) is 0 Å². The van der Waals surface area contributed by atoms with Gasteiger partial charge < -0.3 is 20.1 Å². The Morgan fingerprint density at radius 1 is 0.929 bits per heavy atom. The number of nitrogens with zero attached hydrogens (tertiary/aromatic N) is 2. The molecular formula is C21H22N4O3. The Morgan fingerprint density at radius 2 is 1.68 bits per heavy atom. The van der Waals surface area contributed by atoms with Crippen LogP contribution in [0.15, 0.2) is 54.6 Å². The summed E-state index contributed by atoms with van der Waals surface area (Å²) in [5.74, 6) is 2.00. The third-order valence-corrected chi connectivity index (χ3v) is 4.04. The van der Waals surface area contributed by atoms with Gasteiger partial charge >= 0.3 is 0 Å². The van der Waals surface area contributed by atoms with Gasteiger partial charge in [-0.25, -0.2) is 0 Å². The molecule has 0 aliphatic carbocycles. The van der Waals surface area contributed by atoms with Crippen LogP contribution in [-0.2, 0) is 11.2 Å². The average molecular weight is 378 g/mol. The van der Waals surface area contributed by atoms with Gasteiger partial charge in [-0.2, -0.15) is 0 Å². The minimum atomic E-state index is -0.194. The van der Waals surface area contributed by atoms with Gasteiger partial charge in [-0.1, -0.05) is 18.2 Å². The zero-order valence-corrected chi connectivity index (χ0v) is 16.0. The Balaban J connectivity index is 1.60. The quantitative estimate of drug-likeness (QED) is 0.652. The highest BCUT2D eigenvalue weighted by molar-refractivity contribution is 5.91. The number of hydrogen-bond acceptors (Lipinski definition) is 6. The first-order valence-corrected chi connectivity index (χ1v) is 8.75. The number of anilines is 3. The fourth-order valence-electron chi connectivity index (χ4n) is 2.70. The number of methoxy groups -OCH3 is 2. The Kier molecular flexibility index (Phi) is 6.06. The van der Waals surface area contributed by atoms with E-state index in [9.17, 15) is 4.79 Å². The van der Waals surface area contributed by atoms with E-state index in [1.807, 2.05) is 37.3 Å². The average Bonchev–Trinajstić information content (AvgIpc) is 2.69. The van der Waals surface area contributed by atoms with E-state index in [0.717, 1.165) is 16.8 Å². The smallest absolute Gasteiger partial charge is 0.229 e. The highest BCUT2D eigenvalue weighted by Crippen LogP contribution is 2.27. The van der Waals surface area contributed by atoms with Crippen LogP contribution in [0.1, 0.15) is 11.1 Å². The van der Waals surface area contributed by atoms with Gasteiger partial charge in [0, 0.05) is 5.69 Å². The molecule has 3 rings (SSSR count). The van der Waals surface area contributed by atoms with Crippen LogP contribution in [0, 0.1) is 6.92 Å². The van der Waals surface area contributed by atoms with Crippen molar-refractivity contribution in [2.45, 2.75) is 13.3 Å². The van der Waals surface area contributed by atoms with Crippen molar-refractivity contribution >= 4 is 23.2 Å². The number of benzene rings is 2. The van der Waals surface area contributed by atoms with Crippen LogP contribution < -0.4 is 20.1 Å². The van der Waals surface area contributed by atoms with Crippen molar-refractivity contribution in [1.82, 2.24) is 10.2 Å². The van der Waals surface area contributed by atoms with E-state index in [1.54, 1.807) is 38.5 Å². The minimum absolute atomic E-state index is 0.186. The molecule has 144 valence electrons. The zero-order valence-electron chi connectivity index (χ0n) is 16.0. The third kappa shape index (κ3) is 4.97. The number of hydrogen-bond donors (Lipinski definition) is 2. The Morgan fingerprint density at radius 3 is 2.36 bits per heavy atom. The summed E-state index contributed by atoms with van der Waals surface area (Å²) in [5.41, 5.74) is 2.89. The van der Waals surface area contributed by atoms with E-state index in [4.69, 9.17) is 9.47 Å². The van der Waals surface area contributed by atoms with Crippen molar-refractivity contribution in [3.8, 4) is 11.5 Å². The molecule has 0 bridgehead atoms. The Bertz CT molecular complexity index is 958. The van der Waals surface area contributed by atoms with Crippen LogP contribution >= 0.6 is 0 Å². The lowest BCUT2D eigenvalue weighted by molar-refractivity contribution is -0.115. The van der Waals surface area contributed by atoms with Crippen LogP contribution in [-0.4, -0.2) is 30.3 Å². The molecule has 0 atom stereocenters. The number of ether oxygens (including phenoxy) is 2. The summed E-state index contributed by atoms with van der Waals surface area (Å²) >= 11 is 0. The Labute approximate surface area is 163 Å². The third-order valence-electron chi connectivity index (χ3n) is 4.04. The number of aromatic nitrogens is 2. The van der Waals surface area contributed by atoms with Crippen LogP contribution in [0.5, 0.6) is 11.5 Å². The van der Waals surface area contributed by atoms with Gasteiger partial charge in [0.05, 0.1) is 20.6 Å². The highest BCUT2D eigenvalue weighted by Gasteiger charge is 2.09. The van der Waals surface area contributed by atoms with Crippen LogP contribution in [0.3, 0.4) is 0 Å². The number of carbonyl (C=O) groups is 1. The van der Waals surface area contributed by atoms with E-state index < -0.39 is 0 Å². The molecule has 2 aromatic carbocycles. The molecular weight excluding hydrogens is 356 g/mol. The maximum Gasteiger partial charge on any atom is 0.229 e. The molecule has 0 aliphatic heterocycles. The maximum atomic E-state index is 12.3. The summed E-state index contributed by atoms with van der Waals surface area (Å²) < 4.78 is 10.5. The fraction of sp³-hybridized carbons (Fsp3) is 0.190. The first kappa shape index (κ1) is 19.2. The molecule has 28 heavy (non-hydrogen) atoms. The van der Waals surface area contributed by atoms with Gasteiger partial charge in [0.1, 0.15) is 0 Å². The second kappa shape index (κ2) is 8.85. The molecule has 0 aliphatic rings. The molecule has 1 amide bonds. The summed E-state index contributed by atoms with van der Waals surface area (Å²) in [5, 5.41) is 14.1. The summed E-state index contributed by atoms with van der Waals surface area (Å²) in [6, 6.07) is 16.8. The lowest BCUT2D eigenvalue weighted by atomic mass is 10.1. The number of carbonyl (C=O) groups excluding carboxylic acids is 1.